The Balaban J connectivity index is 1.59. The van der Waals surface area contributed by atoms with Crippen molar-refractivity contribution < 1.29 is 23.8 Å². The van der Waals surface area contributed by atoms with Crippen LogP contribution in [0.5, 0.6) is 0 Å². The van der Waals surface area contributed by atoms with Crippen molar-refractivity contribution in [2.45, 2.75) is 57.8 Å². The standard InChI is InChI=1S/C25H30FN5O4/c1-25(2,3)35-24(34)29-14-22(32)23(33)30-17(13-27)11-15-6-7-16(12-18(15)26)19-8-9-20-21(31-19)5-4-10-28-20/h6-9,12,17,22,28,32H,4-5,10-11,14H2,1-3H3,(H,29,34)(H,30,33)/t17-,22-/m0/s1. The second kappa shape index (κ2) is 11.1. The smallest absolute Gasteiger partial charge is 0.407 e. The molecule has 2 amide bonds. The zero-order valence-corrected chi connectivity index (χ0v) is 20.0. The largest absolute Gasteiger partial charge is 0.444 e. The summed E-state index contributed by atoms with van der Waals surface area (Å²) in [5, 5.41) is 27.4. The van der Waals surface area contributed by atoms with Crippen LogP contribution in [0.2, 0.25) is 0 Å². The number of aromatic nitrogens is 1. The number of alkyl carbamates (subject to hydrolysis) is 1. The van der Waals surface area contributed by atoms with Gasteiger partial charge in [-0.2, -0.15) is 5.26 Å². The predicted molar refractivity (Wildman–Crippen MR) is 128 cm³/mol. The summed E-state index contributed by atoms with van der Waals surface area (Å²) in [6.07, 6.45) is -0.631. The van der Waals surface area contributed by atoms with Gasteiger partial charge in [0.05, 0.1) is 29.7 Å². The molecule has 1 aromatic heterocycles. The summed E-state index contributed by atoms with van der Waals surface area (Å²) in [5.41, 5.74) is 2.72. The third kappa shape index (κ3) is 7.39. The van der Waals surface area contributed by atoms with E-state index in [0.717, 1.165) is 30.8 Å². The minimum atomic E-state index is -1.60. The van der Waals surface area contributed by atoms with Crippen molar-refractivity contribution in [1.29, 1.82) is 5.26 Å². The van der Waals surface area contributed by atoms with Crippen molar-refractivity contribution in [1.82, 2.24) is 15.6 Å². The molecule has 1 aliphatic rings. The molecule has 0 unspecified atom stereocenters. The van der Waals surface area contributed by atoms with Gasteiger partial charge in [0.1, 0.15) is 23.6 Å². The van der Waals surface area contributed by atoms with E-state index in [9.17, 15) is 24.3 Å². The summed E-state index contributed by atoms with van der Waals surface area (Å²) in [6, 6.07) is 9.22. The number of pyridine rings is 1. The fraction of sp³-hybridized carbons (Fsp3) is 0.440. The number of aryl methyl sites for hydroxylation is 1. The van der Waals surface area contributed by atoms with E-state index in [4.69, 9.17) is 4.74 Å². The van der Waals surface area contributed by atoms with Crippen molar-refractivity contribution in [3.8, 4) is 17.3 Å². The van der Waals surface area contributed by atoms with E-state index in [1.165, 1.54) is 6.07 Å². The highest BCUT2D eigenvalue weighted by molar-refractivity contribution is 5.82. The topological polar surface area (TPSA) is 136 Å². The zero-order valence-electron chi connectivity index (χ0n) is 20.0. The number of halogens is 1. The van der Waals surface area contributed by atoms with Crippen LogP contribution >= 0.6 is 0 Å². The fourth-order valence-electron chi connectivity index (χ4n) is 3.57. The third-order valence-corrected chi connectivity index (χ3v) is 5.27. The van der Waals surface area contributed by atoms with Gasteiger partial charge in [0, 0.05) is 18.5 Å². The molecule has 186 valence electrons. The number of benzene rings is 1. The first-order valence-corrected chi connectivity index (χ1v) is 11.4. The minimum Gasteiger partial charge on any atom is -0.444 e. The lowest BCUT2D eigenvalue weighted by Gasteiger charge is -2.21. The molecule has 9 nitrogen and oxygen atoms in total. The van der Waals surface area contributed by atoms with Gasteiger partial charge >= 0.3 is 6.09 Å². The number of aliphatic hydroxyl groups excluding tert-OH is 1. The van der Waals surface area contributed by atoms with Crippen LogP contribution in [0.25, 0.3) is 11.3 Å². The lowest BCUT2D eigenvalue weighted by Crippen LogP contribution is -2.47. The summed E-state index contributed by atoms with van der Waals surface area (Å²) >= 11 is 0. The predicted octanol–water partition coefficient (Wildman–Crippen LogP) is 2.68. The Morgan fingerprint density at radius 1 is 1.31 bits per heavy atom. The maximum atomic E-state index is 14.8. The van der Waals surface area contributed by atoms with E-state index in [0.29, 0.717) is 11.3 Å². The number of rotatable bonds is 7. The van der Waals surface area contributed by atoms with E-state index < -0.39 is 42.1 Å². The molecule has 0 saturated heterocycles. The van der Waals surface area contributed by atoms with Crippen LogP contribution in [0.4, 0.5) is 14.9 Å². The molecule has 1 aliphatic heterocycles. The molecular formula is C25H30FN5O4. The van der Waals surface area contributed by atoms with Crippen LogP contribution in [-0.2, 0) is 22.4 Å². The second-order valence-electron chi connectivity index (χ2n) is 9.32. The second-order valence-corrected chi connectivity index (χ2v) is 9.32. The Labute approximate surface area is 203 Å². The molecule has 0 saturated carbocycles. The molecule has 1 aromatic carbocycles. The average Bonchev–Trinajstić information content (AvgIpc) is 2.81. The Morgan fingerprint density at radius 2 is 2.09 bits per heavy atom. The number of fused-ring (bicyclic) bond motifs is 1. The number of carbonyl (C=O) groups is 2. The van der Waals surface area contributed by atoms with Gasteiger partial charge in [0.2, 0.25) is 0 Å². The highest BCUT2D eigenvalue weighted by Gasteiger charge is 2.23. The van der Waals surface area contributed by atoms with Gasteiger partial charge in [-0.3, -0.25) is 9.78 Å². The van der Waals surface area contributed by atoms with E-state index in [1.807, 2.05) is 18.2 Å². The maximum absolute atomic E-state index is 14.8. The van der Waals surface area contributed by atoms with Gasteiger partial charge < -0.3 is 25.8 Å². The Kier molecular flexibility index (Phi) is 8.25. The van der Waals surface area contributed by atoms with E-state index >= 15 is 0 Å². The number of nitriles is 1. The van der Waals surface area contributed by atoms with Gasteiger partial charge in [0.25, 0.3) is 5.91 Å². The Bertz CT molecular complexity index is 1130. The molecule has 4 N–H and O–H groups in total. The van der Waals surface area contributed by atoms with Gasteiger partial charge in [-0.05, 0) is 57.4 Å². The molecular weight excluding hydrogens is 453 g/mol. The zero-order chi connectivity index (χ0) is 25.6. The fourth-order valence-corrected chi connectivity index (χ4v) is 3.57. The molecule has 10 heteroatoms. The molecule has 0 bridgehead atoms. The van der Waals surface area contributed by atoms with Gasteiger partial charge in [-0.15, -0.1) is 0 Å². The Hall–Kier alpha value is -3.71. The van der Waals surface area contributed by atoms with Crippen LogP contribution < -0.4 is 16.0 Å². The average molecular weight is 484 g/mol. The number of hydrogen-bond donors (Lipinski definition) is 4. The molecule has 2 aromatic rings. The number of aliphatic hydroxyl groups is 1. The molecule has 2 atom stereocenters. The normalized spacial score (nSPS) is 14.5. The lowest BCUT2D eigenvalue weighted by atomic mass is 10.0. The first-order valence-electron chi connectivity index (χ1n) is 11.4. The first-order chi connectivity index (χ1) is 16.6. The summed E-state index contributed by atoms with van der Waals surface area (Å²) in [7, 11) is 0. The molecule has 0 radical (unpaired) electrons. The number of hydrogen-bond acceptors (Lipinski definition) is 7. The van der Waals surface area contributed by atoms with Crippen molar-refractivity contribution in [2.75, 3.05) is 18.4 Å². The van der Waals surface area contributed by atoms with Crippen molar-refractivity contribution >= 4 is 17.7 Å². The molecule has 2 heterocycles. The van der Waals surface area contributed by atoms with E-state index in [2.05, 4.69) is 20.9 Å². The van der Waals surface area contributed by atoms with Crippen molar-refractivity contribution in [2.24, 2.45) is 0 Å². The Morgan fingerprint density at radius 3 is 2.77 bits per heavy atom. The highest BCUT2D eigenvalue weighted by atomic mass is 19.1. The molecule has 0 aliphatic carbocycles. The van der Waals surface area contributed by atoms with Gasteiger partial charge in [-0.1, -0.05) is 12.1 Å². The molecule has 0 spiro atoms. The summed E-state index contributed by atoms with van der Waals surface area (Å²) < 4.78 is 19.9. The monoisotopic (exact) mass is 483 g/mol. The summed E-state index contributed by atoms with van der Waals surface area (Å²) in [5.74, 6) is -1.39. The van der Waals surface area contributed by atoms with E-state index in [1.54, 1.807) is 32.9 Å². The number of nitrogens with one attached hydrogen (secondary N) is 3. The maximum Gasteiger partial charge on any atom is 0.407 e. The number of anilines is 1. The third-order valence-electron chi connectivity index (χ3n) is 5.27. The minimum absolute atomic E-state index is 0.0951. The molecule has 0 fully saturated rings. The SMILES string of the molecule is CC(C)(C)OC(=O)NC[C@H](O)C(=O)N[C@H](C#N)Cc1ccc(-c2ccc3c(n2)CCCN3)cc1F. The summed E-state index contributed by atoms with van der Waals surface area (Å²) in [4.78, 5) is 28.5. The number of amides is 2. The lowest BCUT2D eigenvalue weighted by molar-refractivity contribution is -0.129. The highest BCUT2D eigenvalue weighted by Crippen LogP contribution is 2.26. The quantitative estimate of drug-likeness (QED) is 0.475. The van der Waals surface area contributed by atoms with Crippen LogP contribution in [0.15, 0.2) is 30.3 Å². The summed E-state index contributed by atoms with van der Waals surface area (Å²) in [6.45, 7) is 5.55. The van der Waals surface area contributed by atoms with Crippen LogP contribution in [-0.4, -0.2) is 52.9 Å². The number of nitrogens with zero attached hydrogens (tertiary/aromatic N) is 2. The van der Waals surface area contributed by atoms with Crippen LogP contribution in [0.3, 0.4) is 0 Å². The van der Waals surface area contributed by atoms with E-state index in [-0.39, 0.29) is 12.0 Å². The van der Waals surface area contributed by atoms with Crippen LogP contribution in [0.1, 0.15) is 38.4 Å². The van der Waals surface area contributed by atoms with Crippen molar-refractivity contribution in [3.05, 3.63) is 47.4 Å². The van der Waals surface area contributed by atoms with Crippen molar-refractivity contribution in [3.63, 3.8) is 0 Å². The molecule has 3 rings (SSSR count). The number of ether oxygens (including phenoxy) is 1. The number of carbonyl (C=O) groups excluding carboxylic acids is 2. The van der Waals surface area contributed by atoms with Crippen LogP contribution in [0, 0.1) is 17.1 Å². The van der Waals surface area contributed by atoms with Gasteiger partial charge in [0.15, 0.2) is 0 Å². The van der Waals surface area contributed by atoms with Gasteiger partial charge in [-0.25, -0.2) is 9.18 Å². The first kappa shape index (κ1) is 25.9. The molecule has 35 heavy (non-hydrogen) atoms.